The van der Waals surface area contributed by atoms with Crippen LogP contribution in [0.1, 0.15) is 43.5 Å². The van der Waals surface area contributed by atoms with Crippen LogP contribution in [0.5, 0.6) is 0 Å². The first-order valence-corrected chi connectivity index (χ1v) is 9.98. The second-order valence-corrected chi connectivity index (χ2v) is 9.86. The van der Waals surface area contributed by atoms with Crippen LogP contribution in [0.25, 0.3) is 11.3 Å². The normalized spacial score (nSPS) is 29.0. The van der Waals surface area contributed by atoms with Gasteiger partial charge in [0.15, 0.2) is 11.3 Å². The monoisotopic (exact) mass is 407 g/mol. The Balaban J connectivity index is 2.05. The fourth-order valence-electron chi connectivity index (χ4n) is 4.46. The molecule has 2 aromatic rings. The highest BCUT2D eigenvalue weighted by Gasteiger charge is 2.72. The number of carboxylic acid groups (broad SMARTS) is 1. The predicted octanol–water partition coefficient (Wildman–Crippen LogP) is 3.67. The van der Waals surface area contributed by atoms with Gasteiger partial charge in [0.25, 0.3) is 0 Å². The molecule has 9 heteroatoms. The van der Waals surface area contributed by atoms with Crippen molar-refractivity contribution in [2.24, 2.45) is 5.92 Å². The number of fused-ring (bicyclic) bond motifs is 1. The zero-order chi connectivity index (χ0) is 19.9. The Kier molecular flexibility index (Phi) is 3.82. The van der Waals surface area contributed by atoms with E-state index >= 15 is 0 Å². The molecular weight excluding hydrogens is 386 g/mol. The number of thioether (sulfide) groups is 1. The highest BCUT2D eigenvalue weighted by Crippen LogP contribution is 2.64. The Hall–Kier alpha value is -1.87. The van der Waals surface area contributed by atoms with E-state index in [4.69, 9.17) is 21.3 Å². The lowest BCUT2D eigenvalue weighted by Gasteiger charge is -2.51. The Labute approximate surface area is 166 Å². The minimum Gasteiger partial charge on any atom is -0.479 e. The van der Waals surface area contributed by atoms with E-state index in [1.54, 1.807) is 32.5 Å². The van der Waals surface area contributed by atoms with Gasteiger partial charge in [0, 0.05) is 5.92 Å². The third-order valence-corrected chi connectivity index (χ3v) is 8.07. The van der Waals surface area contributed by atoms with Crippen LogP contribution in [-0.2, 0) is 10.3 Å². The van der Waals surface area contributed by atoms with Gasteiger partial charge in [0.1, 0.15) is 5.76 Å². The van der Waals surface area contributed by atoms with Crippen molar-refractivity contribution >= 4 is 34.9 Å². The van der Waals surface area contributed by atoms with E-state index < -0.39 is 16.3 Å². The van der Waals surface area contributed by atoms with E-state index in [-0.39, 0.29) is 11.3 Å². The predicted molar refractivity (Wildman–Crippen MR) is 105 cm³/mol. The molecule has 2 fully saturated rings. The van der Waals surface area contributed by atoms with Gasteiger partial charge in [0.05, 0.1) is 37.6 Å². The molecule has 2 saturated heterocycles. The Morgan fingerprint density at radius 3 is 2.41 bits per heavy atom. The number of carboxylic acids is 1. The third kappa shape index (κ3) is 2.04. The van der Waals surface area contributed by atoms with E-state index in [1.807, 2.05) is 25.7 Å². The number of nitrogens with zero attached hydrogens (tertiary/aromatic N) is 3. The van der Waals surface area contributed by atoms with Gasteiger partial charge < -0.3 is 19.1 Å². The maximum absolute atomic E-state index is 12.9. The van der Waals surface area contributed by atoms with Crippen molar-refractivity contribution in [3.05, 3.63) is 22.7 Å². The number of thiocarbonyl (C=S) groups is 1. The Morgan fingerprint density at radius 2 is 1.85 bits per heavy atom. The average molecular weight is 408 g/mol. The maximum atomic E-state index is 12.9. The standard InChI is InChI=1S/C18H21N3O4S2/c1-7-14(26)21-15(7)27-17(5,6)18(21,16(22)23)12-9(3)20-25-13(12)11-8(2)19-24-10(11)4/h7,15H,1-6H3,(H,22,23)/t7-,15-,18+/m1/s1. The molecule has 0 spiro atoms. The summed E-state index contributed by atoms with van der Waals surface area (Å²) in [5.41, 5.74) is 0.948. The molecular formula is C18H21N3O4S2. The van der Waals surface area contributed by atoms with Gasteiger partial charge in [-0.15, -0.1) is 11.8 Å². The lowest BCUT2D eigenvalue weighted by Crippen LogP contribution is -2.67. The van der Waals surface area contributed by atoms with Crippen LogP contribution in [0.3, 0.4) is 0 Å². The van der Waals surface area contributed by atoms with Crippen LogP contribution >= 0.6 is 24.0 Å². The highest BCUT2D eigenvalue weighted by atomic mass is 32.2. The fourth-order valence-corrected chi connectivity index (χ4v) is 6.76. The van der Waals surface area contributed by atoms with E-state index in [0.29, 0.717) is 39.0 Å². The number of hydrogen-bond donors (Lipinski definition) is 1. The molecule has 0 aromatic carbocycles. The minimum absolute atomic E-state index is 0.00965. The fraction of sp³-hybridized carbons (Fsp3) is 0.556. The second-order valence-electron chi connectivity index (χ2n) is 7.70. The van der Waals surface area contributed by atoms with Crippen LogP contribution in [0, 0.1) is 26.7 Å². The number of rotatable bonds is 3. The van der Waals surface area contributed by atoms with Crippen molar-refractivity contribution in [1.29, 1.82) is 0 Å². The first-order chi connectivity index (χ1) is 12.6. The first-order valence-electron chi connectivity index (χ1n) is 8.70. The van der Waals surface area contributed by atoms with Crippen molar-refractivity contribution in [1.82, 2.24) is 15.2 Å². The molecule has 0 unspecified atom stereocenters. The Morgan fingerprint density at radius 1 is 1.22 bits per heavy atom. The van der Waals surface area contributed by atoms with Gasteiger partial charge in [-0.05, 0) is 34.6 Å². The lowest BCUT2D eigenvalue weighted by molar-refractivity contribution is -0.152. The molecule has 2 aromatic heterocycles. The van der Waals surface area contributed by atoms with Crippen LogP contribution in [-0.4, -0.2) is 41.4 Å². The summed E-state index contributed by atoms with van der Waals surface area (Å²) in [6.45, 7) is 11.3. The highest BCUT2D eigenvalue weighted by molar-refractivity contribution is 8.01. The number of carbonyl (C=O) groups is 1. The largest absolute Gasteiger partial charge is 0.479 e. The van der Waals surface area contributed by atoms with Gasteiger partial charge in [-0.25, -0.2) is 4.79 Å². The smallest absolute Gasteiger partial charge is 0.336 e. The van der Waals surface area contributed by atoms with E-state index in [9.17, 15) is 9.90 Å². The molecule has 2 aliphatic rings. The van der Waals surface area contributed by atoms with Crippen molar-refractivity contribution in [3.8, 4) is 11.3 Å². The number of hydrogen-bond acceptors (Lipinski definition) is 7. The van der Waals surface area contributed by atoms with Crippen LogP contribution < -0.4 is 0 Å². The van der Waals surface area contributed by atoms with Crippen molar-refractivity contribution in [2.45, 2.75) is 57.2 Å². The molecule has 3 atom stereocenters. The lowest BCUT2D eigenvalue weighted by atomic mass is 9.73. The van der Waals surface area contributed by atoms with Crippen LogP contribution in [0.4, 0.5) is 0 Å². The zero-order valence-electron chi connectivity index (χ0n) is 16.0. The summed E-state index contributed by atoms with van der Waals surface area (Å²) in [5.74, 6) is 0.136. The number of aromatic nitrogens is 2. The molecule has 4 heterocycles. The van der Waals surface area contributed by atoms with Crippen LogP contribution in [0.15, 0.2) is 9.05 Å². The Bertz CT molecular complexity index is 960. The SMILES string of the molecule is Cc1noc(C)c1-c1onc(C)c1[C@@]1(C(=O)O)N2C(=S)[C@@H](C)[C@H]2SC1(C)C. The van der Waals surface area contributed by atoms with Gasteiger partial charge in [-0.2, -0.15) is 0 Å². The first kappa shape index (κ1) is 18.5. The molecule has 2 aliphatic heterocycles. The summed E-state index contributed by atoms with van der Waals surface area (Å²) in [6.07, 6.45) is 0. The summed E-state index contributed by atoms with van der Waals surface area (Å²) in [5, 5.41) is 18.7. The van der Waals surface area contributed by atoms with Crippen molar-refractivity contribution in [2.75, 3.05) is 0 Å². The van der Waals surface area contributed by atoms with Crippen molar-refractivity contribution < 1.29 is 18.9 Å². The van der Waals surface area contributed by atoms with Crippen molar-refractivity contribution in [3.63, 3.8) is 0 Å². The molecule has 7 nitrogen and oxygen atoms in total. The topological polar surface area (TPSA) is 92.6 Å². The van der Waals surface area contributed by atoms with E-state index in [2.05, 4.69) is 10.3 Å². The summed E-state index contributed by atoms with van der Waals surface area (Å²) in [4.78, 5) is 15.4. The quantitative estimate of drug-likeness (QED) is 0.765. The summed E-state index contributed by atoms with van der Waals surface area (Å²) >= 11 is 7.23. The van der Waals surface area contributed by atoms with Gasteiger partial charge in [-0.3, -0.25) is 0 Å². The molecule has 0 bridgehead atoms. The van der Waals surface area contributed by atoms with Gasteiger partial charge in [0.2, 0.25) is 0 Å². The molecule has 1 N–H and O–H groups in total. The zero-order valence-corrected chi connectivity index (χ0v) is 17.6. The summed E-state index contributed by atoms with van der Waals surface area (Å²) in [6, 6.07) is 0. The molecule has 144 valence electrons. The molecule has 27 heavy (non-hydrogen) atoms. The molecule has 0 amide bonds. The summed E-state index contributed by atoms with van der Waals surface area (Å²) in [7, 11) is 0. The van der Waals surface area contributed by atoms with Gasteiger partial charge in [-0.1, -0.05) is 29.5 Å². The molecule has 0 saturated carbocycles. The number of aliphatic carboxylic acids is 1. The van der Waals surface area contributed by atoms with E-state index in [1.165, 1.54) is 0 Å². The summed E-state index contributed by atoms with van der Waals surface area (Å²) < 4.78 is 10.3. The minimum atomic E-state index is -1.39. The second kappa shape index (κ2) is 5.57. The van der Waals surface area contributed by atoms with Crippen LogP contribution in [0.2, 0.25) is 0 Å². The van der Waals surface area contributed by atoms with Gasteiger partial charge >= 0.3 is 5.97 Å². The molecule has 0 radical (unpaired) electrons. The molecule has 4 rings (SSSR count). The van der Waals surface area contributed by atoms with E-state index in [0.717, 1.165) is 0 Å². The average Bonchev–Trinajstić information content (AvgIpc) is 3.18. The number of aryl methyl sites for hydroxylation is 3. The third-order valence-electron chi connectivity index (χ3n) is 5.75. The maximum Gasteiger partial charge on any atom is 0.336 e. The molecule has 0 aliphatic carbocycles.